The molecule has 1 nitrogen and oxygen atoms in total. The van der Waals surface area contributed by atoms with Gasteiger partial charge in [0.25, 0.3) is 0 Å². The first-order valence-corrected chi connectivity index (χ1v) is 5.66. The minimum absolute atomic E-state index is 0.0105. The molecule has 82 valence electrons. The monoisotopic (exact) mass is 207 g/mol. The zero-order valence-corrected chi connectivity index (χ0v) is 9.44. The Kier molecular flexibility index (Phi) is 3.06. The Morgan fingerprint density at radius 2 is 2.07 bits per heavy atom. The van der Waals surface area contributed by atoms with Crippen LogP contribution in [0.4, 0.5) is 4.39 Å². The molecule has 0 amide bonds. The summed E-state index contributed by atoms with van der Waals surface area (Å²) in [6.45, 7) is 4.91. The van der Waals surface area contributed by atoms with Crippen molar-refractivity contribution in [1.29, 1.82) is 0 Å². The SMILES string of the molecule is Cc1ccc(C)c(CC2CCCN2)c1F. The van der Waals surface area contributed by atoms with E-state index in [2.05, 4.69) is 5.32 Å². The number of hydrogen-bond donors (Lipinski definition) is 1. The van der Waals surface area contributed by atoms with Gasteiger partial charge >= 0.3 is 0 Å². The summed E-state index contributed by atoms with van der Waals surface area (Å²) in [7, 11) is 0. The van der Waals surface area contributed by atoms with E-state index in [4.69, 9.17) is 0 Å². The quantitative estimate of drug-likeness (QED) is 0.786. The molecule has 1 aromatic carbocycles. The molecule has 0 bridgehead atoms. The van der Waals surface area contributed by atoms with Crippen LogP contribution in [-0.4, -0.2) is 12.6 Å². The summed E-state index contributed by atoms with van der Waals surface area (Å²) >= 11 is 0. The molecule has 1 N–H and O–H groups in total. The van der Waals surface area contributed by atoms with Crippen molar-refractivity contribution in [3.8, 4) is 0 Å². The van der Waals surface area contributed by atoms with Crippen LogP contribution in [0.1, 0.15) is 29.5 Å². The first-order valence-electron chi connectivity index (χ1n) is 5.66. The molecule has 1 aromatic rings. The Morgan fingerprint density at radius 1 is 1.33 bits per heavy atom. The molecule has 0 radical (unpaired) electrons. The summed E-state index contributed by atoms with van der Waals surface area (Å²) in [4.78, 5) is 0. The van der Waals surface area contributed by atoms with Gasteiger partial charge in [0, 0.05) is 6.04 Å². The van der Waals surface area contributed by atoms with Gasteiger partial charge in [-0.1, -0.05) is 12.1 Å². The second kappa shape index (κ2) is 4.31. The summed E-state index contributed by atoms with van der Waals surface area (Å²) in [6.07, 6.45) is 3.23. The highest BCUT2D eigenvalue weighted by Gasteiger charge is 2.18. The van der Waals surface area contributed by atoms with Crippen molar-refractivity contribution in [1.82, 2.24) is 5.32 Å². The Bertz CT molecular complexity index is 354. The highest BCUT2D eigenvalue weighted by Crippen LogP contribution is 2.20. The topological polar surface area (TPSA) is 12.0 Å². The number of aryl methyl sites for hydroxylation is 2. The van der Waals surface area contributed by atoms with E-state index in [9.17, 15) is 4.39 Å². The molecule has 2 heteroatoms. The van der Waals surface area contributed by atoms with E-state index in [1.807, 2.05) is 26.0 Å². The third-order valence-corrected chi connectivity index (χ3v) is 3.28. The minimum atomic E-state index is -0.0105. The van der Waals surface area contributed by atoms with Gasteiger partial charge in [-0.05, 0) is 56.3 Å². The highest BCUT2D eigenvalue weighted by molar-refractivity contribution is 5.33. The summed E-state index contributed by atoms with van der Waals surface area (Å²) in [5, 5.41) is 3.41. The zero-order valence-electron chi connectivity index (χ0n) is 9.44. The lowest BCUT2D eigenvalue weighted by Crippen LogP contribution is -2.24. The molecule has 1 aliphatic heterocycles. The molecule has 1 unspecified atom stereocenters. The first kappa shape index (κ1) is 10.6. The molecule has 15 heavy (non-hydrogen) atoms. The lowest BCUT2D eigenvalue weighted by Gasteiger charge is -2.14. The lowest BCUT2D eigenvalue weighted by molar-refractivity contribution is 0.554. The van der Waals surface area contributed by atoms with Crippen molar-refractivity contribution in [2.45, 2.75) is 39.2 Å². The Labute approximate surface area is 90.7 Å². The fourth-order valence-corrected chi connectivity index (χ4v) is 2.26. The van der Waals surface area contributed by atoms with Gasteiger partial charge in [-0.2, -0.15) is 0 Å². The third-order valence-electron chi connectivity index (χ3n) is 3.28. The van der Waals surface area contributed by atoms with Gasteiger partial charge in [0.15, 0.2) is 0 Å². The van der Waals surface area contributed by atoms with E-state index in [0.29, 0.717) is 6.04 Å². The Morgan fingerprint density at radius 3 is 2.73 bits per heavy atom. The number of rotatable bonds is 2. The minimum Gasteiger partial charge on any atom is -0.314 e. The van der Waals surface area contributed by atoms with Crippen LogP contribution in [-0.2, 0) is 6.42 Å². The van der Waals surface area contributed by atoms with Crippen molar-refractivity contribution in [3.63, 3.8) is 0 Å². The van der Waals surface area contributed by atoms with Crippen molar-refractivity contribution in [2.24, 2.45) is 0 Å². The predicted octanol–water partition coefficient (Wildman–Crippen LogP) is 2.74. The average molecular weight is 207 g/mol. The van der Waals surface area contributed by atoms with Crippen molar-refractivity contribution < 1.29 is 4.39 Å². The number of nitrogens with one attached hydrogen (secondary N) is 1. The molecule has 0 saturated carbocycles. The normalized spacial score (nSPS) is 20.9. The molecule has 2 rings (SSSR count). The smallest absolute Gasteiger partial charge is 0.129 e. The third kappa shape index (κ3) is 2.20. The van der Waals surface area contributed by atoms with Crippen LogP contribution in [0.2, 0.25) is 0 Å². The summed E-state index contributed by atoms with van der Waals surface area (Å²) in [5.41, 5.74) is 2.73. The van der Waals surface area contributed by atoms with Gasteiger partial charge in [-0.15, -0.1) is 0 Å². The zero-order chi connectivity index (χ0) is 10.8. The van der Waals surface area contributed by atoms with E-state index in [1.54, 1.807) is 0 Å². The van der Waals surface area contributed by atoms with Crippen molar-refractivity contribution >= 4 is 0 Å². The summed E-state index contributed by atoms with van der Waals surface area (Å²) in [6, 6.07) is 4.35. The largest absolute Gasteiger partial charge is 0.314 e. The summed E-state index contributed by atoms with van der Waals surface area (Å²) < 4.78 is 13.9. The van der Waals surface area contributed by atoms with Crippen LogP contribution in [0, 0.1) is 19.7 Å². The van der Waals surface area contributed by atoms with E-state index in [-0.39, 0.29) is 5.82 Å². The first-order chi connectivity index (χ1) is 7.18. The molecule has 1 atom stereocenters. The number of halogens is 1. The van der Waals surface area contributed by atoms with Crippen LogP contribution in [0.15, 0.2) is 12.1 Å². The molecule has 1 saturated heterocycles. The molecule has 0 aliphatic carbocycles. The van der Waals surface area contributed by atoms with E-state index in [1.165, 1.54) is 12.8 Å². The second-order valence-electron chi connectivity index (χ2n) is 4.49. The maximum atomic E-state index is 13.9. The lowest BCUT2D eigenvalue weighted by atomic mass is 9.97. The summed E-state index contributed by atoms with van der Waals surface area (Å²) in [5.74, 6) is -0.0105. The molecular formula is C13H18FN. The molecule has 0 spiro atoms. The fourth-order valence-electron chi connectivity index (χ4n) is 2.26. The van der Waals surface area contributed by atoms with Gasteiger partial charge < -0.3 is 5.32 Å². The van der Waals surface area contributed by atoms with Gasteiger partial charge in [0.05, 0.1) is 0 Å². The van der Waals surface area contributed by atoms with Crippen LogP contribution in [0.25, 0.3) is 0 Å². The highest BCUT2D eigenvalue weighted by atomic mass is 19.1. The van der Waals surface area contributed by atoms with Crippen molar-refractivity contribution in [2.75, 3.05) is 6.54 Å². The molecule has 0 aromatic heterocycles. The van der Waals surface area contributed by atoms with Crippen LogP contribution < -0.4 is 5.32 Å². The maximum Gasteiger partial charge on any atom is 0.129 e. The predicted molar refractivity (Wildman–Crippen MR) is 60.6 cm³/mol. The molecular weight excluding hydrogens is 189 g/mol. The number of benzene rings is 1. The van der Waals surface area contributed by atoms with Crippen molar-refractivity contribution in [3.05, 3.63) is 34.6 Å². The Balaban J connectivity index is 2.22. The maximum absolute atomic E-state index is 13.9. The fraction of sp³-hybridized carbons (Fsp3) is 0.538. The van der Waals surface area contributed by atoms with Crippen LogP contribution in [0.3, 0.4) is 0 Å². The van der Waals surface area contributed by atoms with Gasteiger partial charge in [-0.3, -0.25) is 0 Å². The van der Waals surface area contributed by atoms with Gasteiger partial charge in [0.1, 0.15) is 5.82 Å². The van der Waals surface area contributed by atoms with E-state index < -0.39 is 0 Å². The molecule has 1 aliphatic rings. The van der Waals surface area contributed by atoms with E-state index >= 15 is 0 Å². The van der Waals surface area contributed by atoms with Gasteiger partial charge in [0.2, 0.25) is 0 Å². The van der Waals surface area contributed by atoms with Crippen LogP contribution >= 0.6 is 0 Å². The number of hydrogen-bond acceptors (Lipinski definition) is 1. The van der Waals surface area contributed by atoms with Crippen LogP contribution in [0.5, 0.6) is 0 Å². The van der Waals surface area contributed by atoms with Gasteiger partial charge in [-0.25, -0.2) is 4.39 Å². The Hall–Kier alpha value is -0.890. The second-order valence-corrected chi connectivity index (χ2v) is 4.49. The molecule has 1 heterocycles. The standard InChI is InChI=1S/C13H18FN/c1-9-5-6-10(2)13(14)12(9)8-11-4-3-7-15-11/h5-6,11,15H,3-4,7-8H2,1-2H3. The van der Waals surface area contributed by atoms with E-state index in [0.717, 1.165) is 29.7 Å². The molecule has 1 fully saturated rings. The average Bonchev–Trinajstić information content (AvgIpc) is 2.71.